The summed E-state index contributed by atoms with van der Waals surface area (Å²) in [5.74, 6) is 1.51. The van der Waals surface area contributed by atoms with Crippen LogP contribution in [0.15, 0.2) is 0 Å². The summed E-state index contributed by atoms with van der Waals surface area (Å²) in [4.78, 5) is 4.08. The van der Waals surface area contributed by atoms with Crippen LogP contribution < -0.4 is 5.73 Å². The second-order valence-electron chi connectivity index (χ2n) is 3.67. The summed E-state index contributed by atoms with van der Waals surface area (Å²) in [6, 6.07) is 0.700. The van der Waals surface area contributed by atoms with Gasteiger partial charge >= 0.3 is 8.80 Å². The number of aromatic nitrogens is 3. The van der Waals surface area contributed by atoms with Crippen molar-refractivity contribution in [2.24, 2.45) is 0 Å². The molecular formula is C9H20N4O3SSi. The summed E-state index contributed by atoms with van der Waals surface area (Å²) >= 11 is 4.11. The molecule has 0 fully saturated rings. The van der Waals surface area contributed by atoms with Gasteiger partial charge in [-0.2, -0.15) is 22.7 Å². The number of nitrogens with zero attached hydrogens (tertiary/aromatic N) is 3. The molecule has 0 saturated carbocycles. The zero-order chi connectivity index (χ0) is 13.6. The van der Waals surface area contributed by atoms with E-state index < -0.39 is 8.80 Å². The van der Waals surface area contributed by atoms with E-state index in [9.17, 15) is 0 Å². The van der Waals surface area contributed by atoms with Crippen LogP contribution in [-0.4, -0.2) is 44.9 Å². The van der Waals surface area contributed by atoms with Gasteiger partial charge in [-0.1, -0.05) is 0 Å². The quantitative estimate of drug-likeness (QED) is 0.538. The van der Waals surface area contributed by atoms with Crippen molar-refractivity contribution in [3.8, 4) is 0 Å². The Bertz CT molecular complexity index is 364. The molecule has 0 amide bonds. The fourth-order valence-corrected chi connectivity index (χ4v) is 3.47. The first-order valence-electron chi connectivity index (χ1n) is 5.56. The van der Waals surface area contributed by atoms with Crippen molar-refractivity contribution in [2.45, 2.75) is 24.8 Å². The molecule has 1 rings (SSSR count). The zero-order valence-corrected chi connectivity index (χ0v) is 12.8. The van der Waals surface area contributed by atoms with E-state index in [1.807, 2.05) is 0 Å². The van der Waals surface area contributed by atoms with E-state index in [0.717, 1.165) is 6.42 Å². The number of nitrogens with two attached hydrogens (primary N) is 1. The number of anilines is 1. The summed E-state index contributed by atoms with van der Waals surface area (Å²) in [6.07, 6.45) is 0.793. The number of aryl methyl sites for hydroxylation is 1. The van der Waals surface area contributed by atoms with Crippen LogP contribution in [0.4, 0.5) is 5.95 Å². The predicted octanol–water partition coefficient (Wildman–Crippen LogP) is 0.558. The number of hydrogen-bond acceptors (Lipinski definition) is 7. The highest BCUT2D eigenvalue weighted by Crippen LogP contribution is 2.16. The van der Waals surface area contributed by atoms with Crippen molar-refractivity contribution in [1.29, 1.82) is 0 Å². The first-order valence-corrected chi connectivity index (χ1v) is 8.12. The minimum atomic E-state index is -2.51. The third kappa shape index (κ3) is 3.69. The molecule has 0 bridgehead atoms. The third-order valence-corrected chi connectivity index (χ3v) is 5.79. The number of nitrogen functional groups attached to an aromatic ring is 1. The number of hydrogen-bond donors (Lipinski definition) is 2. The van der Waals surface area contributed by atoms with Crippen LogP contribution in [0.25, 0.3) is 0 Å². The molecule has 0 atom stereocenters. The minimum absolute atomic E-state index is 0.401. The van der Waals surface area contributed by atoms with E-state index in [0.29, 0.717) is 30.1 Å². The van der Waals surface area contributed by atoms with Crippen LogP contribution in [0, 0.1) is 0 Å². The van der Waals surface area contributed by atoms with Crippen molar-refractivity contribution in [3.63, 3.8) is 0 Å². The Kier molecular flexibility index (Phi) is 6.09. The molecule has 1 aromatic rings. The second kappa shape index (κ2) is 7.09. The average molecular weight is 292 g/mol. The van der Waals surface area contributed by atoms with Gasteiger partial charge in [0.1, 0.15) is 0 Å². The van der Waals surface area contributed by atoms with E-state index in [2.05, 4.69) is 22.7 Å². The molecule has 1 aromatic heterocycles. The van der Waals surface area contributed by atoms with Gasteiger partial charge in [0.15, 0.2) is 5.82 Å². The fraction of sp³-hybridized carbons (Fsp3) is 0.778. The third-order valence-electron chi connectivity index (χ3n) is 2.67. The lowest BCUT2D eigenvalue weighted by atomic mass is 10.5. The normalized spacial score (nSPS) is 12.0. The van der Waals surface area contributed by atoms with E-state index in [1.54, 1.807) is 26.0 Å². The van der Waals surface area contributed by atoms with Crippen molar-refractivity contribution in [1.82, 2.24) is 14.8 Å². The lowest BCUT2D eigenvalue weighted by Gasteiger charge is -2.24. The zero-order valence-electron chi connectivity index (χ0n) is 10.9. The van der Waals surface area contributed by atoms with Gasteiger partial charge in [0.05, 0.1) is 5.75 Å². The van der Waals surface area contributed by atoms with E-state index in [-0.39, 0.29) is 0 Å². The average Bonchev–Trinajstić information content (AvgIpc) is 2.76. The SMILES string of the molecule is CO[Si](CCCn1nc(CS)nc1N)(OC)OC. The second-order valence-corrected chi connectivity index (χ2v) is 7.07. The van der Waals surface area contributed by atoms with Gasteiger partial charge in [0.25, 0.3) is 0 Å². The smallest absolute Gasteiger partial charge is 0.377 e. The predicted molar refractivity (Wildman–Crippen MR) is 73.3 cm³/mol. The maximum Gasteiger partial charge on any atom is 0.500 e. The number of thiol groups is 1. The molecule has 104 valence electrons. The molecule has 9 heteroatoms. The van der Waals surface area contributed by atoms with Gasteiger partial charge in [-0.05, 0) is 6.42 Å². The highest BCUT2D eigenvalue weighted by Gasteiger charge is 2.36. The molecular weight excluding hydrogens is 272 g/mol. The topological polar surface area (TPSA) is 84.4 Å². The van der Waals surface area contributed by atoms with Crippen LogP contribution in [0.5, 0.6) is 0 Å². The van der Waals surface area contributed by atoms with Gasteiger partial charge < -0.3 is 19.0 Å². The fourth-order valence-electron chi connectivity index (χ4n) is 1.64. The lowest BCUT2D eigenvalue weighted by molar-refractivity contribution is 0.122. The van der Waals surface area contributed by atoms with E-state index in [1.165, 1.54) is 0 Å². The van der Waals surface area contributed by atoms with Crippen molar-refractivity contribution >= 4 is 27.4 Å². The maximum absolute atomic E-state index is 5.74. The Hall–Kier alpha value is -0.613. The molecule has 0 aromatic carbocycles. The monoisotopic (exact) mass is 292 g/mol. The van der Waals surface area contributed by atoms with Gasteiger partial charge in [0.2, 0.25) is 5.95 Å². The van der Waals surface area contributed by atoms with E-state index >= 15 is 0 Å². The largest absolute Gasteiger partial charge is 0.500 e. The van der Waals surface area contributed by atoms with Crippen LogP contribution in [0.1, 0.15) is 12.2 Å². The Balaban J connectivity index is 2.52. The Morgan fingerprint density at radius 3 is 2.33 bits per heavy atom. The van der Waals surface area contributed by atoms with Gasteiger partial charge in [0, 0.05) is 33.9 Å². The highest BCUT2D eigenvalue weighted by atomic mass is 32.1. The van der Waals surface area contributed by atoms with Gasteiger partial charge in [-0.3, -0.25) is 0 Å². The van der Waals surface area contributed by atoms with Crippen LogP contribution in [-0.2, 0) is 25.6 Å². The van der Waals surface area contributed by atoms with Gasteiger partial charge in [-0.15, -0.1) is 0 Å². The summed E-state index contributed by atoms with van der Waals surface area (Å²) in [7, 11) is 2.29. The molecule has 0 unspecified atom stereocenters. The molecule has 2 N–H and O–H groups in total. The molecule has 7 nitrogen and oxygen atoms in total. The molecule has 1 heterocycles. The molecule has 0 aliphatic carbocycles. The molecule has 0 saturated heterocycles. The standard InChI is InChI=1S/C9H20N4O3SSi/c1-14-18(15-2,16-3)6-4-5-13-9(10)11-8(7-17)12-13/h17H,4-7H2,1-3H3,(H2,10,11,12). The first-order chi connectivity index (χ1) is 8.60. The van der Waals surface area contributed by atoms with Crippen LogP contribution in [0.2, 0.25) is 6.04 Å². The number of rotatable bonds is 8. The van der Waals surface area contributed by atoms with Crippen molar-refractivity contribution in [3.05, 3.63) is 5.82 Å². The van der Waals surface area contributed by atoms with Crippen LogP contribution in [0.3, 0.4) is 0 Å². The van der Waals surface area contributed by atoms with Gasteiger partial charge in [-0.25, -0.2) is 4.68 Å². The molecule has 0 aliphatic heterocycles. The summed E-state index contributed by atoms with van der Waals surface area (Å²) in [5.41, 5.74) is 5.74. The minimum Gasteiger partial charge on any atom is -0.377 e. The Labute approximate surface area is 113 Å². The lowest BCUT2D eigenvalue weighted by Crippen LogP contribution is -2.42. The van der Waals surface area contributed by atoms with Crippen molar-refractivity contribution in [2.75, 3.05) is 27.1 Å². The highest BCUT2D eigenvalue weighted by molar-refractivity contribution is 7.79. The maximum atomic E-state index is 5.74. The molecule has 0 aliphatic rings. The molecule has 18 heavy (non-hydrogen) atoms. The summed E-state index contributed by atoms with van der Waals surface area (Å²) in [6.45, 7) is 0.650. The summed E-state index contributed by atoms with van der Waals surface area (Å²) < 4.78 is 17.7. The Morgan fingerprint density at radius 1 is 1.28 bits per heavy atom. The molecule has 0 spiro atoms. The summed E-state index contributed by atoms with van der Waals surface area (Å²) in [5, 5.41) is 4.22. The van der Waals surface area contributed by atoms with Crippen molar-refractivity contribution < 1.29 is 13.3 Å². The first kappa shape index (κ1) is 15.4. The van der Waals surface area contributed by atoms with Crippen LogP contribution >= 0.6 is 12.6 Å². The Morgan fingerprint density at radius 2 is 1.89 bits per heavy atom. The van der Waals surface area contributed by atoms with E-state index in [4.69, 9.17) is 19.0 Å². The molecule has 0 radical (unpaired) electrons.